The molecule has 0 radical (unpaired) electrons. The summed E-state index contributed by atoms with van der Waals surface area (Å²) in [5.41, 5.74) is 0.306. The maximum atomic E-state index is 6.94. The number of nitrogens with zero attached hydrogens (tertiary/aromatic N) is 1. The zero-order valence-corrected chi connectivity index (χ0v) is 12.1. The lowest BCUT2D eigenvalue weighted by atomic mass is 10.3. The first-order valence-corrected chi connectivity index (χ1v) is 6.48. The molecule has 1 heterocycles. The predicted molar refractivity (Wildman–Crippen MR) is 73.1 cm³/mol. The normalized spacial score (nSPS) is 21.1. The Morgan fingerprint density at radius 2 is 2.16 bits per heavy atom. The van der Waals surface area contributed by atoms with Crippen LogP contribution in [0.1, 0.15) is 13.8 Å². The molecule has 1 aliphatic heterocycles. The molecule has 1 aromatic rings. The lowest BCUT2D eigenvalue weighted by molar-refractivity contribution is -0.141. The molecule has 0 amide bonds. The molecule has 1 aliphatic rings. The molecule has 102 valence electrons. The molecule has 1 fully saturated rings. The molecule has 1 saturated heterocycles. The molecule has 1 aromatic carbocycles. The molecule has 0 unspecified atom stereocenters. The van der Waals surface area contributed by atoms with Crippen LogP contribution in [0.2, 0.25) is 10.0 Å². The van der Waals surface area contributed by atoms with Gasteiger partial charge in [0.15, 0.2) is 5.79 Å². The van der Waals surface area contributed by atoms with E-state index in [-0.39, 0.29) is 6.10 Å². The Kier molecular flexibility index (Phi) is 4.22. The molecule has 0 bridgehead atoms. The Hall–Kier alpha value is -0.990. The average molecular weight is 302 g/mol. The quantitative estimate of drug-likeness (QED) is 0.789. The van der Waals surface area contributed by atoms with Gasteiger partial charge in [-0.3, -0.25) is 0 Å². The summed E-state index contributed by atoms with van der Waals surface area (Å²) in [5.74, 6) is -0.143. The van der Waals surface area contributed by atoms with Gasteiger partial charge in [0, 0.05) is 0 Å². The van der Waals surface area contributed by atoms with Gasteiger partial charge in [-0.05, 0) is 26.0 Å². The molecule has 0 aromatic heterocycles. The molecule has 4 nitrogen and oxygen atoms in total. The summed E-state index contributed by atoms with van der Waals surface area (Å²) in [6, 6.07) is 3.03. The molecule has 0 aliphatic carbocycles. The topological polar surface area (TPSA) is 32.0 Å². The fourth-order valence-electron chi connectivity index (χ4n) is 1.74. The maximum absolute atomic E-state index is 6.94. The highest BCUT2D eigenvalue weighted by Crippen LogP contribution is 2.36. The van der Waals surface area contributed by atoms with Crippen molar-refractivity contribution in [2.75, 3.05) is 13.2 Å². The number of rotatable bonds is 3. The van der Waals surface area contributed by atoms with E-state index < -0.39 is 5.79 Å². The van der Waals surface area contributed by atoms with E-state index in [4.69, 9.17) is 44.0 Å². The fraction of sp³-hybridized carbons (Fsp3) is 0.462. The molecule has 0 spiro atoms. The van der Waals surface area contributed by atoms with Gasteiger partial charge in [0.05, 0.1) is 23.2 Å². The second kappa shape index (κ2) is 5.56. The average Bonchev–Trinajstić information content (AvgIpc) is 2.69. The van der Waals surface area contributed by atoms with Crippen LogP contribution in [0.4, 0.5) is 5.69 Å². The minimum Gasteiger partial charge on any atom is -0.489 e. The third-order valence-electron chi connectivity index (χ3n) is 2.61. The number of hydrogen-bond acceptors (Lipinski definition) is 3. The van der Waals surface area contributed by atoms with Crippen LogP contribution >= 0.6 is 23.2 Å². The minimum atomic E-state index is -0.580. The zero-order chi connectivity index (χ0) is 14.0. The third-order valence-corrected chi connectivity index (χ3v) is 3.21. The van der Waals surface area contributed by atoms with Gasteiger partial charge in [-0.25, -0.2) is 4.85 Å². The van der Waals surface area contributed by atoms with Crippen LogP contribution in [0, 0.1) is 6.57 Å². The maximum Gasteiger partial charge on any atom is 0.207 e. The van der Waals surface area contributed by atoms with Gasteiger partial charge in [0.1, 0.15) is 18.5 Å². The van der Waals surface area contributed by atoms with Crippen molar-refractivity contribution < 1.29 is 14.2 Å². The van der Waals surface area contributed by atoms with E-state index in [0.29, 0.717) is 34.7 Å². The van der Waals surface area contributed by atoms with Crippen molar-refractivity contribution in [2.24, 2.45) is 0 Å². The summed E-state index contributed by atoms with van der Waals surface area (Å²) < 4.78 is 16.6. The zero-order valence-electron chi connectivity index (χ0n) is 10.6. The second-order valence-corrected chi connectivity index (χ2v) is 5.42. The Bertz CT molecular complexity index is 525. The molecular formula is C13H13Cl2NO3. The smallest absolute Gasteiger partial charge is 0.207 e. The highest BCUT2D eigenvalue weighted by molar-refractivity contribution is 6.36. The first-order valence-electron chi connectivity index (χ1n) is 5.72. The predicted octanol–water partition coefficient (Wildman–Crippen LogP) is 4.07. The highest BCUT2D eigenvalue weighted by Gasteiger charge is 2.33. The third kappa shape index (κ3) is 3.52. The first-order chi connectivity index (χ1) is 8.91. The van der Waals surface area contributed by atoms with Gasteiger partial charge < -0.3 is 14.2 Å². The summed E-state index contributed by atoms with van der Waals surface area (Å²) in [4.78, 5) is 3.26. The van der Waals surface area contributed by atoms with Crippen LogP contribution in [0.3, 0.4) is 0 Å². The van der Waals surface area contributed by atoms with Gasteiger partial charge in [-0.2, -0.15) is 0 Å². The van der Waals surface area contributed by atoms with Crippen molar-refractivity contribution in [3.63, 3.8) is 0 Å². The SMILES string of the molecule is [C-]#[N+]c1cc(Cl)c(OC[C@@H]2COC(C)(C)O2)cc1Cl. The van der Waals surface area contributed by atoms with E-state index in [1.54, 1.807) is 0 Å². The summed E-state index contributed by atoms with van der Waals surface area (Å²) >= 11 is 12.0. The summed E-state index contributed by atoms with van der Waals surface area (Å²) in [5, 5.41) is 0.673. The highest BCUT2D eigenvalue weighted by atomic mass is 35.5. The molecule has 0 saturated carbocycles. The van der Waals surface area contributed by atoms with Gasteiger partial charge in [0.2, 0.25) is 5.69 Å². The van der Waals surface area contributed by atoms with Crippen molar-refractivity contribution >= 4 is 28.9 Å². The molecular weight excluding hydrogens is 289 g/mol. The van der Waals surface area contributed by atoms with Crippen LogP contribution in [-0.2, 0) is 9.47 Å². The lowest BCUT2D eigenvalue weighted by Crippen LogP contribution is -2.25. The fourth-order valence-corrected chi connectivity index (χ4v) is 2.15. The number of benzene rings is 1. The Morgan fingerprint density at radius 1 is 1.42 bits per heavy atom. The van der Waals surface area contributed by atoms with Crippen molar-refractivity contribution in [2.45, 2.75) is 25.7 Å². The van der Waals surface area contributed by atoms with E-state index in [0.717, 1.165) is 0 Å². The van der Waals surface area contributed by atoms with Gasteiger partial charge in [-0.1, -0.05) is 23.2 Å². The van der Waals surface area contributed by atoms with E-state index in [9.17, 15) is 0 Å². The van der Waals surface area contributed by atoms with Gasteiger partial charge in [0.25, 0.3) is 0 Å². The monoisotopic (exact) mass is 301 g/mol. The van der Waals surface area contributed by atoms with Crippen LogP contribution in [0.15, 0.2) is 12.1 Å². The van der Waals surface area contributed by atoms with Crippen LogP contribution in [-0.4, -0.2) is 25.1 Å². The standard InChI is InChI=1S/C13H13Cl2NO3/c1-13(2)18-7-8(19-13)6-17-12-5-9(14)11(16-3)4-10(12)15/h4-5,8H,6-7H2,1-2H3/t8-/m1/s1. The number of halogens is 2. The molecule has 1 atom stereocenters. The Balaban J connectivity index is 2.01. The number of ether oxygens (including phenoxy) is 3. The van der Waals surface area contributed by atoms with Crippen molar-refractivity contribution in [1.82, 2.24) is 0 Å². The van der Waals surface area contributed by atoms with E-state index in [1.807, 2.05) is 13.8 Å². The number of hydrogen-bond donors (Lipinski definition) is 0. The summed E-state index contributed by atoms with van der Waals surface area (Å²) in [6.45, 7) is 11.4. The first kappa shape index (κ1) is 14.4. The van der Waals surface area contributed by atoms with Crippen LogP contribution in [0.5, 0.6) is 5.75 Å². The van der Waals surface area contributed by atoms with E-state index >= 15 is 0 Å². The largest absolute Gasteiger partial charge is 0.489 e. The van der Waals surface area contributed by atoms with Gasteiger partial charge in [-0.15, -0.1) is 0 Å². The van der Waals surface area contributed by atoms with Crippen LogP contribution < -0.4 is 4.74 Å². The van der Waals surface area contributed by atoms with E-state index in [2.05, 4.69) is 4.85 Å². The molecule has 19 heavy (non-hydrogen) atoms. The lowest BCUT2D eigenvalue weighted by Gasteiger charge is -2.17. The Morgan fingerprint density at radius 3 is 2.74 bits per heavy atom. The van der Waals surface area contributed by atoms with Crippen LogP contribution in [0.25, 0.3) is 4.85 Å². The summed E-state index contributed by atoms with van der Waals surface area (Å²) in [6.07, 6.45) is -0.148. The van der Waals surface area contributed by atoms with E-state index in [1.165, 1.54) is 12.1 Å². The van der Waals surface area contributed by atoms with Crippen molar-refractivity contribution in [3.8, 4) is 5.75 Å². The van der Waals surface area contributed by atoms with Crippen molar-refractivity contribution in [3.05, 3.63) is 33.6 Å². The molecule has 6 heteroatoms. The molecule has 0 N–H and O–H groups in total. The molecule has 2 rings (SSSR count). The second-order valence-electron chi connectivity index (χ2n) is 4.61. The Labute approximate surface area is 122 Å². The van der Waals surface area contributed by atoms with Gasteiger partial charge >= 0.3 is 0 Å². The summed E-state index contributed by atoms with van der Waals surface area (Å²) in [7, 11) is 0. The van der Waals surface area contributed by atoms with Crippen molar-refractivity contribution in [1.29, 1.82) is 0 Å². The minimum absolute atomic E-state index is 0.148.